The third kappa shape index (κ3) is 9.61. The molecule has 0 unspecified atom stereocenters. The number of anilines is 6. The van der Waals surface area contributed by atoms with Gasteiger partial charge in [-0.2, -0.15) is 0 Å². The Kier molecular flexibility index (Phi) is 13.5. The molecule has 0 bridgehead atoms. The fourth-order valence-corrected chi connectivity index (χ4v) is 15.8. The highest BCUT2D eigenvalue weighted by Crippen LogP contribution is 2.47. The first-order valence-corrected chi connectivity index (χ1v) is 34.4. The molecule has 0 radical (unpaired) electrons. The van der Waals surface area contributed by atoms with Gasteiger partial charge in [0.05, 0.1) is 50.5 Å². The Balaban J connectivity index is 0.762. The van der Waals surface area contributed by atoms with Gasteiger partial charge < -0.3 is 18.9 Å². The predicted octanol–water partition coefficient (Wildman–Crippen LogP) is 21.2. The van der Waals surface area contributed by atoms with Crippen molar-refractivity contribution in [3.8, 4) is 90.3 Å². The Hall–Kier alpha value is -13.5. The molecule has 0 aliphatic carbocycles. The standard InChI is InChI=1S/C92H59BN8/c1-6-26-61(27-7-1)77-57-80(95-91(94-77)63-30-10-3-11-31-63)66-50-53-83(101-82-43-21-17-39-71(82)73-56-72-70-38-16-20-42-81(70)98(88(72)59-89(73)101)67-34-12-4-13-35-67)74(55-66)92-96-78(62-28-8-2-9-29-62)58-79(97-92)65-33-24-32-64(54-65)60-48-51-69(52-49-60)100-85-45-23-19-41-76(85)93-75-40-18-22-44-84(75)99(68-36-14-5-15-37-68)86-46-25-47-87(100)90(86)93/h1-59H. The maximum absolute atomic E-state index is 5.77. The van der Waals surface area contributed by atoms with Crippen LogP contribution in [-0.2, 0) is 0 Å². The summed E-state index contributed by atoms with van der Waals surface area (Å²) in [7, 11) is 0. The van der Waals surface area contributed by atoms with Crippen molar-refractivity contribution in [2.24, 2.45) is 0 Å². The third-order valence-electron chi connectivity index (χ3n) is 20.3. The zero-order valence-electron chi connectivity index (χ0n) is 54.7. The Labute approximate surface area is 584 Å². The van der Waals surface area contributed by atoms with E-state index in [9.17, 15) is 0 Å². The van der Waals surface area contributed by atoms with Crippen molar-refractivity contribution < 1.29 is 0 Å². The first-order valence-electron chi connectivity index (χ1n) is 34.4. The van der Waals surface area contributed by atoms with Crippen molar-refractivity contribution in [3.05, 3.63) is 358 Å². The molecule has 0 atom stereocenters. The van der Waals surface area contributed by atoms with E-state index in [2.05, 4.69) is 353 Å². The molecule has 0 amide bonds. The van der Waals surface area contributed by atoms with Crippen LogP contribution in [0.4, 0.5) is 34.1 Å². The van der Waals surface area contributed by atoms with Crippen molar-refractivity contribution in [1.82, 2.24) is 29.1 Å². The van der Waals surface area contributed by atoms with E-state index < -0.39 is 0 Å². The molecule has 2 aliphatic heterocycles. The molecule has 0 saturated heterocycles. The average Bonchev–Trinajstić information content (AvgIpc) is 1.70. The van der Waals surface area contributed by atoms with Crippen molar-refractivity contribution in [2.45, 2.75) is 0 Å². The van der Waals surface area contributed by atoms with Gasteiger partial charge in [-0.15, -0.1) is 0 Å². The highest BCUT2D eigenvalue weighted by atomic mass is 15.2. The van der Waals surface area contributed by atoms with Crippen molar-refractivity contribution >= 4 is 101 Å². The number of hydrogen-bond donors (Lipinski definition) is 0. The van der Waals surface area contributed by atoms with Crippen LogP contribution in [0.5, 0.6) is 0 Å². The third-order valence-corrected chi connectivity index (χ3v) is 20.3. The minimum absolute atomic E-state index is 0.0617. The molecule has 8 nitrogen and oxygen atoms in total. The summed E-state index contributed by atoms with van der Waals surface area (Å²) in [6.07, 6.45) is 0. The summed E-state index contributed by atoms with van der Waals surface area (Å²) in [6, 6.07) is 128. The first kappa shape index (κ1) is 57.7. The van der Waals surface area contributed by atoms with E-state index in [4.69, 9.17) is 19.9 Å². The molecule has 0 fully saturated rings. The van der Waals surface area contributed by atoms with Gasteiger partial charge in [-0.3, -0.25) is 0 Å². The second-order valence-electron chi connectivity index (χ2n) is 26.1. The molecular formula is C92H59BN8. The van der Waals surface area contributed by atoms with Crippen LogP contribution in [0.1, 0.15) is 0 Å². The summed E-state index contributed by atoms with van der Waals surface area (Å²) in [5.74, 6) is 1.21. The highest BCUT2D eigenvalue weighted by molar-refractivity contribution is 7.00. The van der Waals surface area contributed by atoms with E-state index in [-0.39, 0.29) is 6.71 Å². The predicted molar refractivity (Wildman–Crippen MR) is 418 cm³/mol. The van der Waals surface area contributed by atoms with Crippen LogP contribution < -0.4 is 26.2 Å². The summed E-state index contributed by atoms with van der Waals surface area (Å²) >= 11 is 0. The molecule has 2 aliphatic rings. The SMILES string of the molecule is c1ccc(-c2cc(-c3ccc(-n4c5ccccc5c5cc6c7ccccc7n(-c7ccccc7)c6cc54)c(-c4nc(-c5ccccc5)cc(-c5cccc(-c6ccc(N7c8ccccc8B8c9ccccc9N(c9ccccc9)c9cccc7c98)cc6)c5)n4)c3)nc(-c3ccccc3)n2)cc1. The van der Waals surface area contributed by atoms with Gasteiger partial charge in [0.1, 0.15) is 0 Å². The molecular weight excluding hydrogens is 1230 g/mol. The van der Waals surface area contributed by atoms with E-state index in [0.717, 1.165) is 123 Å². The number of fused-ring (bicyclic) bond motifs is 10. The minimum Gasteiger partial charge on any atom is -0.311 e. The fraction of sp³-hybridized carbons (Fsp3) is 0. The average molecular weight is 1290 g/mol. The van der Waals surface area contributed by atoms with Gasteiger partial charge in [0.25, 0.3) is 6.71 Å². The normalized spacial score (nSPS) is 12.3. The fourth-order valence-electron chi connectivity index (χ4n) is 15.8. The van der Waals surface area contributed by atoms with Crippen LogP contribution in [0, 0.1) is 0 Å². The van der Waals surface area contributed by atoms with Crippen LogP contribution in [0.15, 0.2) is 358 Å². The summed E-state index contributed by atoms with van der Waals surface area (Å²) in [4.78, 5) is 27.0. The molecule has 4 aromatic heterocycles. The van der Waals surface area contributed by atoms with Crippen LogP contribution in [0.3, 0.4) is 0 Å². The van der Waals surface area contributed by atoms with Gasteiger partial charge in [-0.25, -0.2) is 19.9 Å². The van der Waals surface area contributed by atoms with Gasteiger partial charge >= 0.3 is 0 Å². The van der Waals surface area contributed by atoms with Crippen molar-refractivity contribution in [3.63, 3.8) is 0 Å². The maximum atomic E-state index is 5.77. The molecule has 14 aromatic carbocycles. The first-order chi connectivity index (χ1) is 50.1. The van der Waals surface area contributed by atoms with E-state index in [1.54, 1.807) is 0 Å². The molecule has 6 heterocycles. The Morgan fingerprint density at radius 2 is 0.634 bits per heavy atom. The number of hydrogen-bond acceptors (Lipinski definition) is 6. The monoisotopic (exact) mass is 1290 g/mol. The molecule has 0 N–H and O–H groups in total. The number of nitrogens with zero attached hydrogens (tertiary/aromatic N) is 8. The lowest BCUT2D eigenvalue weighted by atomic mass is 9.33. The van der Waals surface area contributed by atoms with E-state index in [0.29, 0.717) is 11.6 Å². The van der Waals surface area contributed by atoms with Crippen LogP contribution in [0.2, 0.25) is 0 Å². The number of aromatic nitrogens is 6. The second kappa shape index (κ2) is 23.7. The zero-order valence-corrected chi connectivity index (χ0v) is 54.7. The van der Waals surface area contributed by atoms with Crippen LogP contribution in [0.25, 0.3) is 134 Å². The lowest BCUT2D eigenvalue weighted by molar-refractivity contribution is 1.13. The quantitative estimate of drug-likeness (QED) is 0.120. The molecule has 0 saturated carbocycles. The maximum Gasteiger partial charge on any atom is 0.252 e. The van der Waals surface area contributed by atoms with Crippen molar-refractivity contribution in [1.29, 1.82) is 0 Å². The molecule has 18 aromatic rings. The molecule has 20 rings (SSSR count). The highest BCUT2D eigenvalue weighted by Gasteiger charge is 2.43. The topological polar surface area (TPSA) is 67.9 Å². The summed E-state index contributed by atoms with van der Waals surface area (Å²) in [6.45, 7) is 0.0617. The van der Waals surface area contributed by atoms with Gasteiger partial charge in [-0.1, -0.05) is 243 Å². The Morgan fingerprint density at radius 3 is 1.23 bits per heavy atom. The molecule has 0 spiro atoms. The van der Waals surface area contributed by atoms with E-state index in [1.165, 1.54) is 49.9 Å². The van der Waals surface area contributed by atoms with Crippen LogP contribution >= 0.6 is 0 Å². The minimum atomic E-state index is 0.0617. The smallest absolute Gasteiger partial charge is 0.252 e. The van der Waals surface area contributed by atoms with E-state index >= 15 is 0 Å². The Morgan fingerprint density at radius 1 is 0.218 bits per heavy atom. The number of para-hydroxylation sites is 6. The number of rotatable bonds is 11. The van der Waals surface area contributed by atoms with E-state index in [1.807, 2.05) is 24.3 Å². The van der Waals surface area contributed by atoms with Gasteiger partial charge in [0.15, 0.2) is 11.6 Å². The van der Waals surface area contributed by atoms with Gasteiger partial charge in [0, 0.05) is 94.7 Å². The summed E-state index contributed by atoms with van der Waals surface area (Å²) < 4.78 is 4.83. The largest absolute Gasteiger partial charge is 0.311 e. The zero-order chi connectivity index (χ0) is 66.5. The van der Waals surface area contributed by atoms with Crippen LogP contribution in [-0.4, -0.2) is 35.8 Å². The lowest BCUT2D eigenvalue weighted by Gasteiger charge is -2.44. The second-order valence-corrected chi connectivity index (χ2v) is 26.1. The molecule has 470 valence electrons. The molecule has 101 heavy (non-hydrogen) atoms. The van der Waals surface area contributed by atoms with Gasteiger partial charge in [-0.05, 0) is 143 Å². The summed E-state index contributed by atoms with van der Waals surface area (Å²) in [5, 5.41) is 4.68. The Bertz CT molecular complexity index is 6220. The van der Waals surface area contributed by atoms with Gasteiger partial charge in [0.2, 0.25) is 0 Å². The molecule has 9 heteroatoms. The summed E-state index contributed by atoms with van der Waals surface area (Å²) in [5.41, 5.74) is 28.2. The number of benzene rings is 14. The lowest BCUT2D eigenvalue weighted by Crippen LogP contribution is -2.61. The van der Waals surface area contributed by atoms with Crippen molar-refractivity contribution in [2.75, 3.05) is 9.80 Å².